The smallest absolute Gasteiger partial charge is 0.335 e. The molecule has 2 N–H and O–H groups in total. The van der Waals surface area contributed by atoms with Crippen molar-refractivity contribution in [2.75, 3.05) is 0 Å². The normalized spacial score (nSPS) is 10.6. The van der Waals surface area contributed by atoms with Gasteiger partial charge in [-0.15, -0.1) is 0 Å². The Labute approximate surface area is 184 Å². The summed E-state index contributed by atoms with van der Waals surface area (Å²) in [5.41, 5.74) is 5.48. The van der Waals surface area contributed by atoms with Crippen molar-refractivity contribution in [3.05, 3.63) is 107 Å². The molecule has 5 heteroatoms. The van der Waals surface area contributed by atoms with Crippen LogP contribution in [0.25, 0.3) is 33.4 Å². The maximum Gasteiger partial charge on any atom is 0.335 e. The van der Waals surface area contributed by atoms with Gasteiger partial charge in [0.15, 0.2) is 0 Å². The number of aromatic carboxylic acids is 2. The number of hydrogen-bond donors (Lipinski definition) is 2. The molecule has 0 radical (unpaired) electrons. The van der Waals surface area contributed by atoms with Gasteiger partial charge in [-0.25, -0.2) is 9.59 Å². The van der Waals surface area contributed by atoms with Crippen LogP contribution in [0.3, 0.4) is 0 Å². The largest absolute Gasteiger partial charge is 0.478 e. The number of carboxylic acids is 2. The van der Waals surface area contributed by atoms with E-state index in [2.05, 4.69) is 0 Å². The van der Waals surface area contributed by atoms with Crippen LogP contribution in [0.4, 0.5) is 0 Å². The highest BCUT2D eigenvalue weighted by Gasteiger charge is 2.18. The second-order valence-electron chi connectivity index (χ2n) is 6.98. The molecule has 0 saturated heterocycles. The van der Waals surface area contributed by atoms with Gasteiger partial charge in [-0.1, -0.05) is 72.3 Å². The molecule has 31 heavy (non-hydrogen) atoms. The summed E-state index contributed by atoms with van der Waals surface area (Å²) in [7, 11) is 0. The molecule has 0 fully saturated rings. The minimum absolute atomic E-state index is 0.187. The van der Waals surface area contributed by atoms with E-state index in [1.807, 2.05) is 42.5 Å². The zero-order valence-electron chi connectivity index (χ0n) is 16.2. The van der Waals surface area contributed by atoms with E-state index in [0.717, 1.165) is 33.4 Å². The molecule has 4 rings (SSSR count). The second-order valence-corrected chi connectivity index (χ2v) is 7.38. The van der Waals surface area contributed by atoms with Crippen LogP contribution in [0.2, 0.25) is 5.02 Å². The molecule has 0 aliphatic rings. The molecule has 0 aromatic heterocycles. The van der Waals surface area contributed by atoms with E-state index in [0.29, 0.717) is 5.02 Å². The van der Waals surface area contributed by atoms with Crippen molar-refractivity contribution in [2.45, 2.75) is 0 Å². The van der Waals surface area contributed by atoms with E-state index in [1.54, 1.807) is 48.5 Å². The Kier molecular flexibility index (Phi) is 5.56. The van der Waals surface area contributed by atoms with Crippen LogP contribution >= 0.6 is 11.6 Å². The summed E-state index contributed by atoms with van der Waals surface area (Å²) in [6, 6.07) is 26.8. The van der Waals surface area contributed by atoms with Gasteiger partial charge in [0.1, 0.15) is 0 Å². The molecule has 4 aromatic rings. The summed E-state index contributed by atoms with van der Waals surface area (Å²) in [4.78, 5) is 22.6. The average Bonchev–Trinajstić information content (AvgIpc) is 2.79. The molecular formula is C26H17ClO4. The molecule has 0 spiro atoms. The molecule has 0 unspecified atom stereocenters. The Balaban J connectivity index is 1.99. The van der Waals surface area contributed by atoms with E-state index in [9.17, 15) is 19.8 Å². The molecule has 0 atom stereocenters. The fourth-order valence-electron chi connectivity index (χ4n) is 3.58. The molecular weight excluding hydrogens is 412 g/mol. The van der Waals surface area contributed by atoms with Gasteiger partial charge in [0.25, 0.3) is 0 Å². The second kappa shape index (κ2) is 8.46. The van der Waals surface area contributed by atoms with Gasteiger partial charge in [0, 0.05) is 10.6 Å². The SMILES string of the molecule is O=C(O)c1ccc(-c2c(Cl)ccc(-c3ccccc3)c2-c2ccc(C(=O)O)cc2)cc1. The van der Waals surface area contributed by atoms with Crippen LogP contribution in [0.15, 0.2) is 91.0 Å². The molecule has 0 bridgehead atoms. The summed E-state index contributed by atoms with van der Waals surface area (Å²) in [6.45, 7) is 0. The maximum atomic E-state index is 11.3. The fourth-order valence-corrected chi connectivity index (χ4v) is 3.84. The zero-order valence-corrected chi connectivity index (χ0v) is 17.0. The van der Waals surface area contributed by atoms with Gasteiger partial charge >= 0.3 is 11.9 Å². The third-order valence-corrected chi connectivity index (χ3v) is 5.40. The van der Waals surface area contributed by atoms with Crippen LogP contribution < -0.4 is 0 Å². The number of carboxylic acid groups (broad SMARTS) is 2. The molecule has 4 nitrogen and oxygen atoms in total. The minimum Gasteiger partial charge on any atom is -0.478 e. The lowest BCUT2D eigenvalue weighted by molar-refractivity contribution is 0.0686. The van der Waals surface area contributed by atoms with Crippen LogP contribution in [0.5, 0.6) is 0 Å². The lowest BCUT2D eigenvalue weighted by Crippen LogP contribution is -1.97. The molecule has 0 heterocycles. The zero-order chi connectivity index (χ0) is 22.0. The van der Waals surface area contributed by atoms with E-state index in [4.69, 9.17) is 11.6 Å². The van der Waals surface area contributed by atoms with Gasteiger partial charge in [-0.2, -0.15) is 0 Å². The number of rotatable bonds is 5. The first-order chi connectivity index (χ1) is 15.0. The summed E-state index contributed by atoms with van der Waals surface area (Å²) >= 11 is 6.65. The predicted molar refractivity (Wildman–Crippen MR) is 122 cm³/mol. The Hall–Kier alpha value is -3.89. The van der Waals surface area contributed by atoms with Crippen molar-refractivity contribution in [1.29, 1.82) is 0 Å². The number of benzene rings is 4. The van der Waals surface area contributed by atoms with Crippen molar-refractivity contribution >= 4 is 23.5 Å². The molecule has 4 aromatic carbocycles. The third kappa shape index (κ3) is 4.06. The molecule has 0 saturated carbocycles. The Morgan fingerprint density at radius 2 is 1.03 bits per heavy atom. The summed E-state index contributed by atoms with van der Waals surface area (Å²) < 4.78 is 0. The lowest BCUT2D eigenvalue weighted by Gasteiger charge is -2.18. The predicted octanol–water partition coefficient (Wildman–Crippen LogP) is 6.74. The van der Waals surface area contributed by atoms with E-state index in [1.165, 1.54) is 0 Å². The van der Waals surface area contributed by atoms with E-state index >= 15 is 0 Å². The van der Waals surface area contributed by atoms with Crippen LogP contribution in [-0.4, -0.2) is 22.2 Å². The quantitative estimate of drug-likeness (QED) is 0.369. The maximum absolute atomic E-state index is 11.3. The summed E-state index contributed by atoms with van der Waals surface area (Å²) in [6.07, 6.45) is 0. The molecule has 0 aliphatic carbocycles. The van der Waals surface area contributed by atoms with Gasteiger partial charge in [0.2, 0.25) is 0 Å². The fraction of sp³-hybridized carbons (Fsp3) is 0. The Morgan fingerprint density at radius 1 is 0.548 bits per heavy atom. The van der Waals surface area contributed by atoms with Crippen molar-refractivity contribution in [3.8, 4) is 33.4 Å². The van der Waals surface area contributed by atoms with Gasteiger partial charge in [0.05, 0.1) is 11.1 Å². The number of hydrogen-bond acceptors (Lipinski definition) is 2. The monoisotopic (exact) mass is 428 g/mol. The molecule has 152 valence electrons. The Bertz CT molecular complexity index is 1260. The Morgan fingerprint density at radius 3 is 1.52 bits per heavy atom. The first-order valence-corrected chi connectivity index (χ1v) is 9.89. The van der Waals surface area contributed by atoms with Gasteiger partial charge < -0.3 is 10.2 Å². The van der Waals surface area contributed by atoms with Gasteiger partial charge in [-0.05, 0) is 58.1 Å². The molecule has 0 amide bonds. The van der Waals surface area contributed by atoms with Gasteiger partial charge in [-0.3, -0.25) is 0 Å². The number of halogens is 1. The average molecular weight is 429 g/mol. The van der Waals surface area contributed by atoms with E-state index in [-0.39, 0.29) is 11.1 Å². The van der Waals surface area contributed by atoms with Crippen LogP contribution in [-0.2, 0) is 0 Å². The highest BCUT2D eigenvalue weighted by molar-refractivity contribution is 6.34. The first kappa shape index (κ1) is 20.4. The minimum atomic E-state index is -1.000. The van der Waals surface area contributed by atoms with Crippen molar-refractivity contribution in [3.63, 3.8) is 0 Å². The number of carbonyl (C=O) groups is 2. The van der Waals surface area contributed by atoms with Crippen molar-refractivity contribution < 1.29 is 19.8 Å². The topological polar surface area (TPSA) is 74.6 Å². The first-order valence-electron chi connectivity index (χ1n) is 9.51. The van der Waals surface area contributed by atoms with Crippen LogP contribution in [0, 0.1) is 0 Å². The van der Waals surface area contributed by atoms with Crippen molar-refractivity contribution in [2.24, 2.45) is 0 Å². The summed E-state index contributed by atoms with van der Waals surface area (Å²) in [5, 5.41) is 19.0. The van der Waals surface area contributed by atoms with Crippen LogP contribution in [0.1, 0.15) is 20.7 Å². The lowest BCUT2D eigenvalue weighted by atomic mass is 9.87. The highest BCUT2D eigenvalue weighted by atomic mass is 35.5. The van der Waals surface area contributed by atoms with E-state index < -0.39 is 11.9 Å². The van der Waals surface area contributed by atoms with Crippen molar-refractivity contribution in [1.82, 2.24) is 0 Å². The molecule has 0 aliphatic heterocycles. The third-order valence-electron chi connectivity index (χ3n) is 5.08. The standard InChI is InChI=1S/C26H17ClO4/c27-22-15-14-21(16-4-2-1-3-5-16)23(17-6-10-19(11-7-17)25(28)29)24(22)18-8-12-20(13-9-18)26(30)31/h1-15H,(H,28,29)(H,30,31). The highest BCUT2D eigenvalue weighted by Crippen LogP contribution is 2.44. The summed E-state index contributed by atoms with van der Waals surface area (Å²) in [5.74, 6) is -1.99.